The number of aromatic nitrogens is 5. The SMILES string of the molecule is O=C(Cn1nc(C(F)(F)F)c(Br)c1C1CC1)Nc1ncn(Cc2c(F)cccc2Cl)n1. The van der Waals surface area contributed by atoms with Crippen molar-refractivity contribution in [3.63, 3.8) is 0 Å². The van der Waals surface area contributed by atoms with Crippen LogP contribution in [-0.2, 0) is 24.1 Å². The van der Waals surface area contributed by atoms with Gasteiger partial charge in [-0.25, -0.2) is 14.1 Å². The van der Waals surface area contributed by atoms with Crippen molar-refractivity contribution in [3.8, 4) is 0 Å². The fourth-order valence-corrected chi connectivity index (χ4v) is 4.13. The van der Waals surface area contributed by atoms with E-state index >= 15 is 0 Å². The number of benzene rings is 1. The topological polar surface area (TPSA) is 77.6 Å². The number of alkyl halides is 3. The molecule has 1 aromatic carbocycles. The van der Waals surface area contributed by atoms with Crippen molar-refractivity contribution in [1.29, 1.82) is 0 Å². The zero-order chi connectivity index (χ0) is 22.3. The Morgan fingerprint density at radius 1 is 1.29 bits per heavy atom. The fraction of sp³-hybridized carbons (Fsp3) is 0.333. The molecule has 0 radical (unpaired) electrons. The minimum absolute atomic E-state index is 0.0126. The summed E-state index contributed by atoms with van der Waals surface area (Å²) in [5.74, 6) is -1.31. The number of amides is 1. The van der Waals surface area contributed by atoms with Crippen molar-refractivity contribution < 1.29 is 22.4 Å². The van der Waals surface area contributed by atoms with Crippen molar-refractivity contribution in [2.24, 2.45) is 0 Å². The van der Waals surface area contributed by atoms with Gasteiger partial charge in [0.1, 0.15) is 18.7 Å². The first-order valence-corrected chi connectivity index (χ1v) is 10.3. The molecular weight excluding hydrogens is 508 g/mol. The van der Waals surface area contributed by atoms with Crippen molar-refractivity contribution >= 4 is 39.4 Å². The first-order chi connectivity index (χ1) is 14.6. The molecule has 3 aromatic rings. The maximum Gasteiger partial charge on any atom is 0.436 e. The fourth-order valence-electron chi connectivity index (χ4n) is 3.08. The quantitative estimate of drug-likeness (QED) is 0.481. The van der Waals surface area contributed by atoms with Crippen LogP contribution in [0.3, 0.4) is 0 Å². The van der Waals surface area contributed by atoms with E-state index in [0.29, 0.717) is 5.69 Å². The summed E-state index contributed by atoms with van der Waals surface area (Å²) in [7, 11) is 0. The zero-order valence-corrected chi connectivity index (χ0v) is 18.0. The van der Waals surface area contributed by atoms with E-state index < -0.39 is 30.1 Å². The molecule has 1 aliphatic carbocycles. The molecule has 164 valence electrons. The first-order valence-electron chi connectivity index (χ1n) is 9.09. The average Bonchev–Trinajstić information content (AvgIpc) is 3.32. The molecule has 2 aromatic heterocycles. The molecule has 0 aliphatic heterocycles. The van der Waals surface area contributed by atoms with Gasteiger partial charge in [0, 0.05) is 16.5 Å². The Hall–Kier alpha value is -2.47. The smallest absolute Gasteiger partial charge is 0.292 e. The van der Waals surface area contributed by atoms with E-state index in [9.17, 15) is 22.4 Å². The van der Waals surface area contributed by atoms with Crippen LogP contribution in [0.2, 0.25) is 5.02 Å². The van der Waals surface area contributed by atoms with Crippen LogP contribution in [0.4, 0.5) is 23.5 Å². The van der Waals surface area contributed by atoms with Crippen LogP contribution in [0.15, 0.2) is 29.0 Å². The summed E-state index contributed by atoms with van der Waals surface area (Å²) < 4.78 is 55.7. The summed E-state index contributed by atoms with van der Waals surface area (Å²) in [6.45, 7) is -0.449. The number of hydrogen-bond donors (Lipinski definition) is 1. The van der Waals surface area contributed by atoms with Crippen LogP contribution in [0.1, 0.15) is 35.7 Å². The summed E-state index contributed by atoms with van der Waals surface area (Å²) in [5.41, 5.74) is -0.511. The van der Waals surface area contributed by atoms with Crippen LogP contribution < -0.4 is 5.32 Å². The Labute approximate surface area is 186 Å². The van der Waals surface area contributed by atoms with Crippen LogP contribution in [0.5, 0.6) is 0 Å². The largest absolute Gasteiger partial charge is 0.436 e. The first kappa shape index (κ1) is 21.8. The number of anilines is 1. The monoisotopic (exact) mass is 520 g/mol. The maximum absolute atomic E-state index is 13.9. The highest BCUT2D eigenvalue weighted by molar-refractivity contribution is 9.10. The third-order valence-electron chi connectivity index (χ3n) is 4.63. The highest BCUT2D eigenvalue weighted by Crippen LogP contribution is 2.46. The number of carbonyl (C=O) groups is 1. The highest BCUT2D eigenvalue weighted by Gasteiger charge is 2.42. The average molecular weight is 522 g/mol. The predicted octanol–water partition coefficient (Wildman–Crippen LogP) is 4.61. The van der Waals surface area contributed by atoms with Gasteiger partial charge in [-0.15, -0.1) is 5.10 Å². The number of nitrogens with one attached hydrogen (secondary N) is 1. The van der Waals surface area contributed by atoms with Crippen LogP contribution >= 0.6 is 27.5 Å². The summed E-state index contributed by atoms with van der Waals surface area (Å²) in [4.78, 5) is 16.3. The minimum Gasteiger partial charge on any atom is -0.292 e. The zero-order valence-electron chi connectivity index (χ0n) is 15.6. The van der Waals surface area contributed by atoms with E-state index in [4.69, 9.17) is 11.6 Å². The van der Waals surface area contributed by atoms with Crippen molar-refractivity contribution in [3.05, 3.63) is 56.8 Å². The molecule has 0 bridgehead atoms. The van der Waals surface area contributed by atoms with E-state index in [1.54, 1.807) is 0 Å². The highest BCUT2D eigenvalue weighted by atomic mass is 79.9. The molecule has 0 saturated heterocycles. The lowest BCUT2D eigenvalue weighted by Gasteiger charge is -2.07. The van der Waals surface area contributed by atoms with Crippen molar-refractivity contribution in [2.75, 3.05) is 5.32 Å². The third-order valence-corrected chi connectivity index (χ3v) is 5.76. The van der Waals surface area contributed by atoms with Gasteiger partial charge < -0.3 is 0 Å². The summed E-state index contributed by atoms with van der Waals surface area (Å²) in [6.07, 6.45) is -1.90. The van der Waals surface area contributed by atoms with Gasteiger partial charge in [0.2, 0.25) is 11.9 Å². The van der Waals surface area contributed by atoms with Gasteiger partial charge in [-0.1, -0.05) is 17.7 Å². The molecular formula is C18H14BrClF4N6O. The second-order valence-corrected chi connectivity index (χ2v) is 8.19. The number of halogens is 6. The molecule has 1 N–H and O–H groups in total. The molecule has 7 nitrogen and oxygen atoms in total. The number of hydrogen-bond acceptors (Lipinski definition) is 4. The standard InChI is InChI=1S/C18H14BrClF4N6O/c19-14-15(9-4-5-9)30(27-16(14)18(22,23)24)7-13(31)26-17-25-8-29(28-17)6-10-11(20)2-1-3-12(10)21/h1-3,8-9H,4-7H2,(H,26,28,31). The molecule has 1 saturated carbocycles. The van der Waals surface area contributed by atoms with Crippen molar-refractivity contribution in [2.45, 2.75) is 38.0 Å². The van der Waals surface area contributed by atoms with Gasteiger partial charge in [-0.2, -0.15) is 18.3 Å². The molecule has 0 unspecified atom stereocenters. The summed E-state index contributed by atoms with van der Waals surface area (Å²) in [5, 5.41) is 10.3. The molecule has 2 heterocycles. The normalized spacial score (nSPS) is 14.1. The number of rotatable bonds is 6. The second-order valence-electron chi connectivity index (χ2n) is 6.99. The van der Waals surface area contributed by atoms with Gasteiger partial charge in [-0.05, 0) is 40.9 Å². The Morgan fingerprint density at radius 3 is 2.68 bits per heavy atom. The Balaban J connectivity index is 1.47. The van der Waals surface area contributed by atoms with Gasteiger partial charge in [0.15, 0.2) is 5.69 Å². The summed E-state index contributed by atoms with van der Waals surface area (Å²) in [6, 6.07) is 4.27. The van der Waals surface area contributed by atoms with E-state index in [1.807, 2.05) is 0 Å². The molecule has 13 heteroatoms. The number of nitrogens with zero attached hydrogens (tertiary/aromatic N) is 5. The molecule has 0 atom stereocenters. The molecule has 4 rings (SSSR count). The van der Waals surface area contributed by atoms with Gasteiger partial charge in [0.05, 0.1) is 16.7 Å². The van der Waals surface area contributed by atoms with Crippen LogP contribution in [-0.4, -0.2) is 30.5 Å². The van der Waals surface area contributed by atoms with E-state index in [2.05, 4.69) is 36.4 Å². The Morgan fingerprint density at radius 2 is 2.03 bits per heavy atom. The van der Waals surface area contributed by atoms with Crippen LogP contribution in [0.25, 0.3) is 0 Å². The lowest BCUT2D eigenvalue weighted by molar-refractivity contribution is -0.142. The van der Waals surface area contributed by atoms with Crippen molar-refractivity contribution in [1.82, 2.24) is 24.5 Å². The van der Waals surface area contributed by atoms with Gasteiger partial charge in [-0.3, -0.25) is 14.8 Å². The summed E-state index contributed by atoms with van der Waals surface area (Å²) >= 11 is 8.97. The van der Waals surface area contributed by atoms with Gasteiger partial charge >= 0.3 is 6.18 Å². The van der Waals surface area contributed by atoms with Gasteiger partial charge in [0.25, 0.3) is 0 Å². The third kappa shape index (κ3) is 4.74. The Kier molecular flexibility index (Phi) is 5.77. The predicted molar refractivity (Wildman–Crippen MR) is 106 cm³/mol. The molecule has 0 spiro atoms. The lowest BCUT2D eigenvalue weighted by Crippen LogP contribution is -2.22. The molecule has 31 heavy (non-hydrogen) atoms. The van der Waals surface area contributed by atoms with E-state index in [1.165, 1.54) is 29.2 Å². The van der Waals surface area contributed by atoms with Crippen LogP contribution in [0, 0.1) is 5.82 Å². The molecule has 1 amide bonds. The second kappa shape index (κ2) is 8.23. The molecule has 1 aliphatic rings. The maximum atomic E-state index is 13.9. The molecule has 1 fully saturated rings. The minimum atomic E-state index is -4.64. The van der Waals surface area contributed by atoms with E-state index in [-0.39, 0.29) is 33.5 Å². The van der Waals surface area contributed by atoms with E-state index in [0.717, 1.165) is 17.5 Å². The Bertz CT molecular complexity index is 1120. The lowest BCUT2D eigenvalue weighted by atomic mass is 10.2. The number of carbonyl (C=O) groups excluding carboxylic acids is 1.